The zero-order valence-corrected chi connectivity index (χ0v) is 32.8. The highest BCUT2D eigenvalue weighted by Gasteiger charge is 2.21. The van der Waals surface area contributed by atoms with Gasteiger partial charge in [0.15, 0.2) is 5.82 Å². The molecule has 0 saturated heterocycles. The number of aromatic nitrogens is 4. The zero-order valence-electron chi connectivity index (χ0n) is 32.8. The van der Waals surface area contributed by atoms with E-state index in [-0.39, 0.29) is 0 Å². The van der Waals surface area contributed by atoms with Gasteiger partial charge in [-0.3, -0.25) is 9.13 Å². The van der Waals surface area contributed by atoms with Gasteiger partial charge in [-0.15, -0.1) is 0 Å². The molecule has 0 bridgehead atoms. The van der Waals surface area contributed by atoms with Gasteiger partial charge in [-0.2, -0.15) is 0 Å². The number of fused-ring (bicyclic) bond motifs is 12. The lowest BCUT2D eigenvalue weighted by atomic mass is 9.87. The smallest absolute Gasteiger partial charge is 0.163 e. The summed E-state index contributed by atoms with van der Waals surface area (Å²) >= 11 is 0. The van der Waals surface area contributed by atoms with E-state index < -0.39 is 0 Å². The van der Waals surface area contributed by atoms with Crippen LogP contribution in [0.4, 0.5) is 0 Å². The second kappa shape index (κ2) is 13.0. The Labute approximate surface area is 341 Å². The van der Waals surface area contributed by atoms with E-state index in [9.17, 15) is 0 Å². The molecule has 0 aliphatic carbocycles. The lowest BCUT2D eigenvalue weighted by Gasteiger charge is -2.18. The molecule has 12 aromatic rings. The Morgan fingerprint density at radius 3 is 1.20 bits per heavy atom. The summed E-state index contributed by atoms with van der Waals surface area (Å²) in [5.74, 6) is 2.33. The molecule has 0 unspecified atom stereocenters. The van der Waals surface area contributed by atoms with E-state index in [4.69, 9.17) is 9.97 Å². The Bertz CT molecular complexity index is 3440. The summed E-state index contributed by atoms with van der Waals surface area (Å²) in [4.78, 5) is 11.0. The first-order valence-electron chi connectivity index (χ1n) is 20.5. The van der Waals surface area contributed by atoms with Crippen molar-refractivity contribution in [3.8, 4) is 34.2 Å². The Balaban J connectivity index is 1.14. The number of nitrogens with zero attached hydrogens (tertiary/aromatic N) is 4. The number of benzene rings is 9. The molecule has 0 amide bonds. The van der Waals surface area contributed by atoms with E-state index in [2.05, 4.69) is 205 Å². The standard InChI is InChI=1S/C55H38N4/c1-3-35-28-29-36(31-46(35)45-32-48-40-19-7-5-17-38(40)37-16-4-6-18-39(37)47(48)30-34(45)2)55-56-53(58-49-24-12-8-20-41(49)42-21-9-13-25-50(42)58)33-54(57-55)59-51-26-14-10-22-43(51)44-23-11-15-27-52(44)59/h4-33H,3H2,1-2H3. The van der Waals surface area contributed by atoms with Crippen molar-refractivity contribution in [1.82, 2.24) is 19.1 Å². The van der Waals surface area contributed by atoms with Crippen LogP contribution in [0.3, 0.4) is 0 Å². The SMILES string of the molecule is CCc1ccc(-c2nc(-n3c4ccccc4c4ccccc43)cc(-n3c4ccccc4c4ccccc43)n2)cc1-c1cc2c3ccccc3c3ccccc3c2cc1C. The maximum absolute atomic E-state index is 5.49. The number of para-hydroxylation sites is 4. The van der Waals surface area contributed by atoms with Crippen LogP contribution in [0.5, 0.6) is 0 Å². The third-order valence-corrected chi connectivity index (χ3v) is 12.4. The third-order valence-electron chi connectivity index (χ3n) is 12.4. The van der Waals surface area contributed by atoms with Crippen molar-refractivity contribution in [2.75, 3.05) is 0 Å². The average Bonchev–Trinajstić information content (AvgIpc) is 3.82. The summed E-state index contributed by atoms with van der Waals surface area (Å²) in [7, 11) is 0. The van der Waals surface area contributed by atoms with Crippen LogP contribution in [-0.2, 0) is 6.42 Å². The largest absolute Gasteiger partial charge is 0.294 e. The normalized spacial score (nSPS) is 12.0. The molecule has 278 valence electrons. The second-order valence-electron chi connectivity index (χ2n) is 15.7. The highest BCUT2D eigenvalue weighted by atomic mass is 15.1. The van der Waals surface area contributed by atoms with Gasteiger partial charge >= 0.3 is 0 Å². The minimum Gasteiger partial charge on any atom is -0.294 e. The molecule has 0 aliphatic rings. The minimum absolute atomic E-state index is 0.681. The van der Waals surface area contributed by atoms with Crippen LogP contribution >= 0.6 is 0 Å². The summed E-state index contributed by atoms with van der Waals surface area (Å²) in [5, 5.41) is 12.5. The quantitative estimate of drug-likeness (QED) is 0.164. The Hall–Kier alpha value is -7.56. The van der Waals surface area contributed by atoms with Gasteiger partial charge in [0.2, 0.25) is 0 Å². The van der Waals surface area contributed by atoms with E-state index in [1.165, 1.54) is 76.1 Å². The highest BCUT2D eigenvalue weighted by molar-refractivity contribution is 6.26. The van der Waals surface area contributed by atoms with Crippen LogP contribution in [0, 0.1) is 6.92 Å². The fourth-order valence-electron chi connectivity index (χ4n) is 9.74. The third kappa shape index (κ3) is 5.03. The number of hydrogen-bond donors (Lipinski definition) is 0. The van der Waals surface area contributed by atoms with Crippen LogP contribution in [0.2, 0.25) is 0 Å². The monoisotopic (exact) mass is 754 g/mol. The second-order valence-corrected chi connectivity index (χ2v) is 15.7. The van der Waals surface area contributed by atoms with Crippen molar-refractivity contribution in [1.29, 1.82) is 0 Å². The fourth-order valence-corrected chi connectivity index (χ4v) is 9.74. The first-order chi connectivity index (χ1) is 29.1. The predicted molar refractivity (Wildman–Crippen MR) is 248 cm³/mol. The van der Waals surface area contributed by atoms with Gasteiger partial charge in [-0.05, 0) is 104 Å². The lowest BCUT2D eigenvalue weighted by molar-refractivity contribution is 0.993. The van der Waals surface area contributed by atoms with E-state index in [1.54, 1.807) is 0 Å². The van der Waals surface area contributed by atoms with Crippen LogP contribution in [0.1, 0.15) is 18.1 Å². The van der Waals surface area contributed by atoms with Gasteiger partial charge in [-0.1, -0.05) is 146 Å². The number of aryl methyl sites for hydroxylation is 2. The van der Waals surface area contributed by atoms with Gasteiger partial charge in [0.05, 0.1) is 22.1 Å². The van der Waals surface area contributed by atoms with Gasteiger partial charge in [0.25, 0.3) is 0 Å². The molecule has 0 atom stereocenters. The van der Waals surface area contributed by atoms with Crippen LogP contribution in [0.15, 0.2) is 182 Å². The Kier molecular flexibility index (Phi) is 7.39. The van der Waals surface area contributed by atoms with Crippen molar-refractivity contribution in [3.63, 3.8) is 0 Å². The van der Waals surface area contributed by atoms with E-state index >= 15 is 0 Å². The van der Waals surface area contributed by atoms with Crippen molar-refractivity contribution >= 4 is 75.9 Å². The topological polar surface area (TPSA) is 35.6 Å². The number of rotatable bonds is 5. The van der Waals surface area contributed by atoms with Crippen LogP contribution in [-0.4, -0.2) is 19.1 Å². The molecular formula is C55H38N4. The first-order valence-corrected chi connectivity index (χ1v) is 20.5. The van der Waals surface area contributed by atoms with Gasteiger partial charge in [-0.25, -0.2) is 9.97 Å². The van der Waals surface area contributed by atoms with Gasteiger partial charge in [0.1, 0.15) is 11.6 Å². The molecule has 0 spiro atoms. The van der Waals surface area contributed by atoms with E-state index in [0.717, 1.165) is 45.7 Å². The molecule has 0 radical (unpaired) electrons. The van der Waals surface area contributed by atoms with E-state index in [0.29, 0.717) is 5.82 Å². The molecule has 4 heteroatoms. The first kappa shape index (κ1) is 33.6. The minimum atomic E-state index is 0.681. The average molecular weight is 755 g/mol. The lowest BCUT2D eigenvalue weighted by Crippen LogP contribution is -2.06. The summed E-state index contributed by atoms with van der Waals surface area (Å²) < 4.78 is 4.61. The highest BCUT2D eigenvalue weighted by Crippen LogP contribution is 2.41. The maximum atomic E-state index is 5.49. The van der Waals surface area contributed by atoms with Crippen molar-refractivity contribution in [2.45, 2.75) is 20.3 Å². The van der Waals surface area contributed by atoms with Crippen molar-refractivity contribution in [2.24, 2.45) is 0 Å². The molecule has 3 aromatic heterocycles. The predicted octanol–water partition coefficient (Wildman–Crippen LogP) is 14.3. The van der Waals surface area contributed by atoms with Crippen LogP contribution in [0.25, 0.3) is 110 Å². The zero-order chi connectivity index (χ0) is 39.2. The van der Waals surface area contributed by atoms with Gasteiger partial charge in [0, 0.05) is 33.2 Å². The molecular weight excluding hydrogens is 717 g/mol. The molecule has 59 heavy (non-hydrogen) atoms. The summed E-state index contributed by atoms with van der Waals surface area (Å²) in [6, 6.07) is 66.0. The molecule has 12 rings (SSSR count). The Morgan fingerprint density at radius 1 is 0.373 bits per heavy atom. The maximum Gasteiger partial charge on any atom is 0.163 e. The fraction of sp³-hybridized carbons (Fsp3) is 0.0545. The van der Waals surface area contributed by atoms with Crippen molar-refractivity contribution < 1.29 is 0 Å². The molecule has 0 fully saturated rings. The molecule has 3 heterocycles. The Morgan fingerprint density at radius 2 is 0.763 bits per heavy atom. The van der Waals surface area contributed by atoms with E-state index in [1.807, 2.05) is 0 Å². The molecule has 0 aliphatic heterocycles. The van der Waals surface area contributed by atoms with Crippen LogP contribution < -0.4 is 0 Å². The summed E-state index contributed by atoms with van der Waals surface area (Å²) in [6.45, 7) is 4.50. The van der Waals surface area contributed by atoms with Gasteiger partial charge < -0.3 is 0 Å². The molecule has 4 nitrogen and oxygen atoms in total. The summed E-state index contributed by atoms with van der Waals surface area (Å²) in [6.07, 6.45) is 0.903. The number of hydrogen-bond acceptors (Lipinski definition) is 2. The summed E-state index contributed by atoms with van der Waals surface area (Å²) in [5.41, 5.74) is 10.4. The molecule has 0 saturated carbocycles. The molecule has 9 aromatic carbocycles. The molecule has 0 N–H and O–H groups in total. The van der Waals surface area contributed by atoms with Crippen molar-refractivity contribution in [3.05, 3.63) is 193 Å².